The first kappa shape index (κ1) is 24.1. The van der Waals surface area contributed by atoms with Crippen molar-refractivity contribution in [2.24, 2.45) is 0 Å². The molecule has 9 heteroatoms. The summed E-state index contributed by atoms with van der Waals surface area (Å²) in [5, 5.41) is 12.2. The monoisotopic (exact) mass is 488 g/mol. The number of carbonyl (C=O) groups is 1. The number of aliphatic hydroxyl groups excluding tert-OH is 1. The van der Waals surface area contributed by atoms with E-state index in [4.69, 9.17) is 4.74 Å². The van der Waals surface area contributed by atoms with Gasteiger partial charge in [0, 0.05) is 28.6 Å². The molecule has 178 valence electrons. The van der Waals surface area contributed by atoms with Gasteiger partial charge in [0.15, 0.2) is 0 Å². The van der Waals surface area contributed by atoms with Crippen LogP contribution in [0.3, 0.4) is 0 Å². The van der Waals surface area contributed by atoms with E-state index in [2.05, 4.69) is 5.32 Å². The van der Waals surface area contributed by atoms with E-state index in [-0.39, 0.29) is 17.1 Å². The lowest BCUT2D eigenvalue weighted by Crippen LogP contribution is -2.56. The zero-order valence-corrected chi connectivity index (χ0v) is 18.9. The van der Waals surface area contributed by atoms with Crippen LogP contribution in [0, 0.1) is 0 Å². The number of hydrogen-bond donors (Lipinski definition) is 2. The van der Waals surface area contributed by atoms with Crippen molar-refractivity contribution in [2.75, 3.05) is 24.6 Å². The molecule has 1 unspecified atom stereocenters. The molecule has 3 aromatic carbocycles. The Bertz CT molecular complexity index is 1140. The Balaban J connectivity index is 1.55. The van der Waals surface area contributed by atoms with Crippen LogP contribution < -0.4 is 15.0 Å². The number of hydrogen-bond acceptors (Lipinski definition) is 5. The summed E-state index contributed by atoms with van der Waals surface area (Å²) in [5.41, 5.74) is 0.320. The number of rotatable bonds is 7. The lowest BCUT2D eigenvalue weighted by molar-refractivity contribution is -0.139. The van der Waals surface area contributed by atoms with Gasteiger partial charge in [-0.25, -0.2) is 0 Å². The van der Waals surface area contributed by atoms with Crippen LogP contribution in [-0.4, -0.2) is 36.8 Å². The summed E-state index contributed by atoms with van der Waals surface area (Å²) in [4.78, 5) is 14.4. The summed E-state index contributed by atoms with van der Waals surface area (Å²) in [5.74, 6) is 0.103. The van der Waals surface area contributed by atoms with Gasteiger partial charge < -0.3 is 20.1 Å². The van der Waals surface area contributed by atoms with Crippen molar-refractivity contribution in [1.29, 1.82) is 0 Å². The van der Waals surface area contributed by atoms with Gasteiger partial charge in [-0.1, -0.05) is 48.2 Å². The number of ether oxygens (including phenoxy) is 1. The maximum absolute atomic E-state index is 13.9. The molecule has 4 rings (SSSR count). The van der Waals surface area contributed by atoms with Crippen LogP contribution in [0.1, 0.15) is 11.1 Å². The molecule has 1 heterocycles. The molecule has 34 heavy (non-hydrogen) atoms. The molecule has 1 aliphatic rings. The number of carbonyl (C=O) groups excluding carboxylic acids is 1. The van der Waals surface area contributed by atoms with Crippen molar-refractivity contribution in [3.8, 4) is 5.75 Å². The van der Waals surface area contributed by atoms with Gasteiger partial charge in [-0.05, 0) is 42.0 Å². The molecule has 2 N–H and O–H groups in total. The van der Waals surface area contributed by atoms with E-state index in [0.717, 1.165) is 23.4 Å². The Hall–Kier alpha value is -3.01. The average Bonchev–Trinajstić information content (AvgIpc) is 2.83. The van der Waals surface area contributed by atoms with E-state index in [9.17, 15) is 23.1 Å². The third-order valence-corrected chi connectivity index (χ3v) is 6.40. The lowest BCUT2D eigenvalue weighted by atomic mass is 10.1. The number of halogens is 3. The highest BCUT2D eigenvalue weighted by molar-refractivity contribution is 7.99. The summed E-state index contributed by atoms with van der Waals surface area (Å²) in [7, 11) is 0. The van der Waals surface area contributed by atoms with E-state index >= 15 is 0 Å². The van der Waals surface area contributed by atoms with Crippen molar-refractivity contribution in [3.05, 3.63) is 83.9 Å². The average molecular weight is 489 g/mol. The quantitative estimate of drug-likeness (QED) is 0.504. The Kier molecular flexibility index (Phi) is 7.45. The zero-order chi connectivity index (χ0) is 24.1. The second-order valence-corrected chi connectivity index (χ2v) is 8.82. The Morgan fingerprint density at radius 1 is 1.06 bits per heavy atom. The van der Waals surface area contributed by atoms with Gasteiger partial charge in [-0.3, -0.25) is 4.79 Å². The number of aliphatic hydroxyl groups is 1. The maximum Gasteiger partial charge on any atom is 0.417 e. The molecule has 1 amide bonds. The molecule has 0 bridgehead atoms. The van der Waals surface area contributed by atoms with E-state index < -0.39 is 30.3 Å². The van der Waals surface area contributed by atoms with Crippen LogP contribution in [0.2, 0.25) is 0 Å². The molecule has 1 atom stereocenters. The number of anilines is 1. The number of benzene rings is 3. The molecule has 1 aliphatic heterocycles. The predicted octanol–water partition coefficient (Wildman–Crippen LogP) is 4.73. The van der Waals surface area contributed by atoms with Gasteiger partial charge >= 0.3 is 6.18 Å². The van der Waals surface area contributed by atoms with Crippen molar-refractivity contribution >= 4 is 23.4 Å². The fourth-order valence-corrected chi connectivity index (χ4v) is 4.62. The topological polar surface area (TPSA) is 61.8 Å². The smallest absolute Gasteiger partial charge is 0.417 e. The number of piperazine rings is 1. The standard InChI is InChI=1S/C25H23F3N2O3S/c26-25(27,28)21-13-18(30-12-11-29-22(15-31)24(30)32)9-10-23(21)34-20-8-4-7-19(14-20)33-16-17-5-2-1-3-6-17/h1-10,13-14,22,29,31H,11-12,15-16H2. The van der Waals surface area contributed by atoms with Gasteiger partial charge in [0.05, 0.1) is 12.2 Å². The minimum atomic E-state index is -4.60. The van der Waals surface area contributed by atoms with Crippen LogP contribution in [-0.2, 0) is 17.6 Å². The molecular weight excluding hydrogens is 465 g/mol. The van der Waals surface area contributed by atoms with Crippen molar-refractivity contribution in [2.45, 2.75) is 28.6 Å². The first-order valence-corrected chi connectivity index (χ1v) is 11.5. The van der Waals surface area contributed by atoms with Gasteiger partial charge in [0.2, 0.25) is 5.91 Å². The summed E-state index contributed by atoms with van der Waals surface area (Å²) in [6, 6.07) is 19.6. The summed E-state index contributed by atoms with van der Waals surface area (Å²) in [6.45, 7) is 0.535. The normalized spacial score (nSPS) is 16.5. The van der Waals surface area contributed by atoms with E-state index in [1.54, 1.807) is 24.3 Å². The maximum atomic E-state index is 13.9. The van der Waals surface area contributed by atoms with Gasteiger partial charge in [0.25, 0.3) is 0 Å². The highest BCUT2D eigenvalue weighted by atomic mass is 32.2. The molecule has 0 saturated carbocycles. The van der Waals surface area contributed by atoms with Crippen LogP contribution in [0.4, 0.5) is 18.9 Å². The Labute approximate surface area is 199 Å². The minimum Gasteiger partial charge on any atom is -0.489 e. The predicted molar refractivity (Wildman–Crippen MR) is 124 cm³/mol. The van der Waals surface area contributed by atoms with E-state index in [1.807, 2.05) is 30.3 Å². The third-order valence-electron chi connectivity index (χ3n) is 5.33. The van der Waals surface area contributed by atoms with Crippen LogP contribution in [0.15, 0.2) is 82.6 Å². The number of nitrogens with zero attached hydrogens (tertiary/aromatic N) is 1. The molecule has 0 aromatic heterocycles. The molecule has 0 radical (unpaired) electrons. The molecule has 1 fully saturated rings. The Morgan fingerprint density at radius 3 is 2.59 bits per heavy atom. The van der Waals surface area contributed by atoms with Crippen LogP contribution in [0.25, 0.3) is 0 Å². The fourth-order valence-electron chi connectivity index (χ4n) is 3.63. The van der Waals surface area contributed by atoms with Gasteiger partial charge in [0.1, 0.15) is 18.4 Å². The first-order chi connectivity index (χ1) is 16.3. The minimum absolute atomic E-state index is 0.0257. The van der Waals surface area contributed by atoms with Gasteiger partial charge in [-0.15, -0.1) is 0 Å². The summed E-state index contributed by atoms with van der Waals surface area (Å²) >= 11 is 0.982. The van der Waals surface area contributed by atoms with Crippen LogP contribution in [0.5, 0.6) is 5.75 Å². The first-order valence-electron chi connectivity index (χ1n) is 10.7. The lowest BCUT2D eigenvalue weighted by Gasteiger charge is -2.32. The second kappa shape index (κ2) is 10.5. The molecule has 5 nitrogen and oxygen atoms in total. The third kappa shape index (κ3) is 5.72. The van der Waals surface area contributed by atoms with Crippen molar-refractivity contribution in [3.63, 3.8) is 0 Å². The largest absolute Gasteiger partial charge is 0.489 e. The molecule has 0 aliphatic carbocycles. The molecule has 3 aromatic rings. The fraction of sp³-hybridized carbons (Fsp3) is 0.240. The SMILES string of the molecule is O=C1C(CO)NCCN1c1ccc(Sc2cccc(OCc3ccccc3)c2)c(C(F)(F)F)c1. The summed E-state index contributed by atoms with van der Waals surface area (Å²) < 4.78 is 47.6. The summed E-state index contributed by atoms with van der Waals surface area (Å²) in [6.07, 6.45) is -4.60. The highest BCUT2D eigenvalue weighted by Crippen LogP contribution is 2.42. The molecular formula is C25H23F3N2O3S. The number of nitrogens with one attached hydrogen (secondary N) is 1. The molecule has 0 spiro atoms. The van der Waals surface area contributed by atoms with Crippen LogP contribution >= 0.6 is 11.8 Å². The number of alkyl halides is 3. The van der Waals surface area contributed by atoms with Crippen molar-refractivity contribution in [1.82, 2.24) is 5.32 Å². The molecule has 1 saturated heterocycles. The van der Waals surface area contributed by atoms with E-state index in [1.165, 1.54) is 17.0 Å². The highest BCUT2D eigenvalue weighted by Gasteiger charge is 2.36. The van der Waals surface area contributed by atoms with Crippen molar-refractivity contribution < 1.29 is 27.8 Å². The number of amides is 1. The Morgan fingerprint density at radius 2 is 1.85 bits per heavy atom. The van der Waals surface area contributed by atoms with E-state index in [0.29, 0.717) is 23.8 Å². The second-order valence-electron chi connectivity index (χ2n) is 7.71. The zero-order valence-electron chi connectivity index (χ0n) is 18.1. The van der Waals surface area contributed by atoms with Gasteiger partial charge in [-0.2, -0.15) is 13.2 Å².